The Morgan fingerprint density at radius 1 is 1.23 bits per heavy atom. The van der Waals surface area contributed by atoms with Crippen LogP contribution in [0.1, 0.15) is 24.0 Å². The van der Waals surface area contributed by atoms with Crippen LogP contribution in [0.25, 0.3) is 0 Å². The van der Waals surface area contributed by atoms with Gasteiger partial charge in [0.15, 0.2) is 0 Å². The molecule has 1 fully saturated rings. The highest BCUT2D eigenvalue weighted by Gasteiger charge is 2.33. The van der Waals surface area contributed by atoms with Gasteiger partial charge < -0.3 is 4.90 Å². The minimum Gasteiger partial charge on any atom is -0.340 e. The average molecular weight is 378 g/mol. The van der Waals surface area contributed by atoms with Crippen LogP contribution in [-0.2, 0) is 10.0 Å². The number of hydrogen-bond donors (Lipinski definition) is 0. The van der Waals surface area contributed by atoms with E-state index in [1.54, 1.807) is 19.3 Å². The van der Waals surface area contributed by atoms with Crippen LogP contribution in [0.5, 0.6) is 0 Å². The molecule has 0 radical (unpaired) electrons. The lowest BCUT2D eigenvalue weighted by molar-refractivity contribution is 0.309. The third-order valence-corrected chi connectivity index (χ3v) is 6.77. The summed E-state index contributed by atoms with van der Waals surface area (Å²) in [7, 11) is -1.78. The number of benzene rings is 1. The fraction of sp³-hybridized carbons (Fsp3) is 0.444. The second kappa shape index (κ2) is 7.28. The van der Waals surface area contributed by atoms with Crippen molar-refractivity contribution in [1.82, 2.24) is 14.3 Å². The SMILES string of the molecule is Cc1cnc(N(C)C2CCCN(S(=O)(=O)c3ccc(F)cc3C)C2)nc1. The van der Waals surface area contributed by atoms with Gasteiger partial charge in [-0.15, -0.1) is 0 Å². The van der Waals surface area contributed by atoms with Gasteiger partial charge in [0.05, 0.1) is 4.90 Å². The molecular formula is C18H23FN4O2S. The highest BCUT2D eigenvalue weighted by molar-refractivity contribution is 7.89. The molecule has 0 spiro atoms. The molecule has 1 aromatic heterocycles. The number of aryl methyl sites for hydroxylation is 2. The van der Waals surface area contributed by atoms with Crippen LogP contribution < -0.4 is 4.90 Å². The van der Waals surface area contributed by atoms with E-state index in [1.807, 2.05) is 18.9 Å². The molecule has 26 heavy (non-hydrogen) atoms. The molecule has 0 amide bonds. The number of hydrogen-bond acceptors (Lipinski definition) is 5. The van der Waals surface area contributed by atoms with Crippen LogP contribution in [0, 0.1) is 19.7 Å². The van der Waals surface area contributed by atoms with Crippen molar-refractivity contribution in [1.29, 1.82) is 0 Å². The van der Waals surface area contributed by atoms with E-state index in [1.165, 1.54) is 22.5 Å². The first-order valence-corrected chi connectivity index (χ1v) is 10.0. The maximum atomic E-state index is 13.3. The monoisotopic (exact) mass is 378 g/mol. The Morgan fingerprint density at radius 3 is 2.58 bits per heavy atom. The van der Waals surface area contributed by atoms with Crippen molar-refractivity contribution in [3.05, 3.63) is 47.5 Å². The summed E-state index contributed by atoms with van der Waals surface area (Å²) in [6.45, 7) is 4.35. The molecule has 2 aromatic rings. The second-order valence-electron chi connectivity index (χ2n) is 6.74. The van der Waals surface area contributed by atoms with E-state index < -0.39 is 15.8 Å². The lowest BCUT2D eigenvalue weighted by atomic mass is 10.1. The molecule has 3 rings (SSSR count). The van der Waals surface area contributed by atoms with Crippen LogP contribution in [0.15, 0.2) is 35.5 Å². The van der Waals surface area contributed by atoms with Gasteiger partial charge in [-0.3, -0.25) is 0 Å². The van der Waals surface area contributed by atoms with Gasteiger partial charge in [-0.25, -0.2) is 22.8 Å². The fourth-order valence-electron chi connectivity index (χ4n) is 3.23. The van der Waals surface area contributed by atoms with Crippen LogP contribution >= 0.6 is 0 Å². The summed E-state index contributed by atoms with van der Waals surface area (Å²) in [5.74, 6) is 0.145. The number of anilines is 1. The van der Waals surface area contributed by atoms with E-state index in [4.69, 9.17) is 0 Å². The van der Waals surface area contributed by atoms with Gasteiger partial charge in [0, 0.05) is 38.6 Å². The van der Waals surface area contributed by atoms with E-state index >= 15 is 0 Å². The molecule has 1 atom stereocenters. The van der Waals surface area contributed by atoms with Gasteiger partial charge in [-0.1, -0.05) is 0 Å². The molecule has 1 unspecified atom stereocenters. The lowest BCUT2D eigenvalue weighted by Crippen LogP contribution is -2.49. The number of nitrogens with zero attached hydrogens (tertiary/aromatic N) is 4. The Bertz CT molecular complexity index is 887. The Hall–Kier alpha value is -2.06. The summed E-state index contributed by atoms with van der Waals surface area (Å²) < 4.78 is 40.9. The molecule has 1 saturated heterocycles. The highest BCUT2D eigenvalue weighted by Crippen LogP contribution is 2.26. The number of rotatable bonds is 4. The Morgan fingerprint density at radius 2 is 1.92 bits per heavy atom. The number of likely N-dealkylation sites (N-methyl/N-ethyl adjacent to an activating group) is 1. The minimum atomic E-state index is -3.67. The molecule has 140 valence electrons. The van der Waals surface area contributed by atoms with Crippen molar-refractivity contribution < 1.29 is 12.8 Å². The second-order valence-corrected chi connectivity index (χ2v) is 8.65. The molecule has 1 aromatic carbocycles. The third-order valence-electron chi connectivity index (χ3n) is 4.74. The maximum absolute atomic E-state index is 13.3. The molecule has 0 saturated carbocycles. The van der Waals surface area contributed by atoms with E-state index in [0.29, 0.717) is 24.6 Å². The van der Waals surface area contributed by atoms with Crippen LogP contribution in [-0.4, -0.2) is 48.9 Å². The van der Waals surface area contributed by atoms with Gasteiger partial charge >= 0.3 is 0 Å². The smallest absolute Gasteiger partial charge is 0.243 e. The molecule has 6 nitrogen and oxygen atoms in total. The van der Waals surface area contributed by atoms with Gasteiger partial charge in [0.1, 0.15) is 5.82 Å². The third kappa shape index (κ3) is 3.71. The van der Waals surface area contributed by atoms with E-state index in [9.17, 15) is 12.8 Å². The Labute approximate surface area is 153 Å². The summed E-state index contributed by atoms with van der Waals surface area (Å²) in [5.41, 5.74) is 1.39. The molecule has 8 heteroatoms. The average Bonchev–Trinajstić information content (AvgIpc) is 2.61. The summed E-state index contributed by atoms with van der Waals surface area (Å²) in [5, 5.41) is 0. The normalized spacial score (nSPS) is 18.7. The first-order chi connectivity index (χ1) is 12.3. The largest absolute Gasteiger partial charge is 0.340 e. The molecule has 0 aliphatic carbocycles. The van der Waals surface area contributed by atoms with Gasteiger partial charge in [-0.2, -0.15) is 4.31 Å². The highest BCUT2D eigenvalue weighted by atomic mass is 32.2. The maximum Gasteiger partial charge on any atom is 0.243 e. The van der Waals surface area contributed by atoms with Gasteiger partial charge in [0.2, 0.25) is 16.0 Å². The van der Waals surface area contributed by atoms with E-state index in [2.05, 4.69) is 9.97 Å². The van der Waals surface area contributed by atoms with Crippen molar-refractivity contribution in [2.45, 2.75) is 37.6 Å². The molecule has 0 bridgehead atoms. The number of piperidine rings is 1. The Kier molecular flexibility index (Phi) is 5.24. The molecule has 1 aliphatic heterocycles. The summed E-state index contributed by atoms with van der Waals surface area (Å²) >= 11 is 0. The van der Waals surface area contributed by atoms with Crippen molar-refractivity contribution in [2.24, 2.45) is 0 Å². The molecule has 0 N–H and O–H groups in total. The number of sulfonamides is 1. The zero-order valence-corrected chi connectivity index (χ0v) is 16.0. The molecular weight excluding hydrogens is 355 g/mol. The van der Waals surface area contributed by atoms with Crippen molar-refractivity contribution >= 4 is 16.0 Å². The van der Waals surface area contributed by atoms with E-state index in [0.717, 1.165) is 18.4 Å². The summed E-state index contributed by atoms with van der Waals surface area (Å²) in [6.07, 6.45) is 5.11. The zero-order valence-electron chi connectivity index (χ0n) is 15.2. The zero-order chi connectivity index (χ0) is 18.9. The molecule has 2 heterocycles. The first kappa shape index (κ1) is 18.7. The predicted molar refractivity (Wildman–Crippen MR) is 98.1 cm³/mol. The summed E-state index contributed by atoms with van der Waals surface area (Å²) in [6, 6.07) is 3.77. The Balaban J connectivity index is 1.82. The molecule has 1 aliphatic rings. The van der Waals surface area contributed by atoms with Crippen LogP contribution in [0.3, 0.4) is 0 Å². The van der Waals surface area contributed by atoms with Gasteiger partial charge in [0.25, 0.3) is 0 Å². The lowest BCUT2D eigenvalue weighted by Gasteiger charge is -2.37. The van der Waals surface area contributed by atoms with Gasteiger partial charge in [-0.05, 0) is 56.0 Å². The number of aromatic nitrogens is 2. The summed E-state index contributed by atoms with van der Waals surface area (Å²) in [4.78, 5) is 10.7. The fourth-order valence-corrected chi connectivity index (χ4v) is 4.95. The van der Waals surface area contributed by atoms with Crippen LogP contribution in [0.4, 0.5) is 10.3 Å². The minimum absolute atomic E-state index is 0.0121. The van der Waals surface area contributed by atoms with Crippen molar-refractivity contribution in [3.8, 4) is 0 Å². The van der Waals surface area contributed by atoms with Crippen molar-refractivity contribution in [3.63, 3.8) is 0 Å². The first-order valence-electron chi connectivity index (χ1n) is 8.57. The predicted octanol–water partition coefficient (Wildman–Crippen LogP) is 2.52. The quantitative estimate of drug-likeness (QED) is 0.818. The topological polar surface area (TPSA) is 66.4 Å². The number of halogens is 1. The van der Waals surface area contributed by atoms with E-state index in [-0.39, 0.29) is 10.9 Å². The van der Waals surface area contributed by atoms with Crippen molar-refractivity contribution in [2.75, 3.05) is 25.0 Å². The van der Waals surface area contributed by atoms with Crippen LogP contribution in [0.2, 0.25) is 0 Å². The standard InChI is InChI=1S/C18H23FN4O2S/c1-13-10-20-18(21-11-13)22(3)16-5-4-8-23(12-16)26(24,25)17-7-6-15(19)9-14(17)2/h6-7,9-11,16H,4-5,8,12H2,1-3H3.